The van der Waals surface area contributed by atoms with Gasteiger partial charge in [0.15, 0.2) is 5.82 Å². The van der Waals surface area contributed by atoms with E-state index in [1.807, 2.05) is 30.3 Å². The van der Waals surface area contributed by atoms with Crippen LogP contribution in [-0.4, -0.2) is 49.8 Å². The molecule has 1 atom stereocenters. The van der Waals surface area contributed by atoms with Gasteiger partial charge in [-0.05, 0) is 72.9 Å². The molecule has 5 aromatic rings. The van der Waals surface area contributed by atoms with E-state index in [1.54, 1.807) is 17.0 Å². The lowest BCUT2D eigenvalue weighted by molar-refractivity contribution is 0.0678. The Balaban J connectivity index is 1.43. The third-order valence-corrected chi connectivity index (χ3v) is 11.2. The highest BCUT2D eigenvalue weighted by Crippen LogP contribution is 2.44. The summed E-state index contributed by atoms with van der Waals surface area (Å²) in [4.78, 5) is 23.4. The summed E-state index contributed by atoms with van der Waals surface area (Å²) in [5, 5.41) is 0.684. The van der Waals surface area contributed by atoms with E-state index in [9.17, 15) is 22.0 Å². The van der Waals surface area contributed by atoms with Gasteiger partial charge in [0.2, 0.25) is 0 Å². The standard InChI is InChI=1S/C35H30ClF3N4O5S2/c1-47-21-43(50(45,46)29-19-24(37)13-14-26(29)38)27-12-7-10-25(31(27)39)32-33(23-15-16-40-30(36)18-23)49-34(41-32)28-11-5-6-17-42(28)35(44)48-20-22-8-3-2-4-9-22/h2-4,7-10,12-16,18-19,28H,5-6,11,17,20-21H2,1H3. The minimum atomic E-state index is -4.86. The van der Waals surface area contributed by atoms with Crippen LogP contribution < -0.4 is 4.31 Å². The Labute approximate surface area is 295 Å². The molecule has 0 saturated carbocycles. The molecule has 1 amide bonds. The lowest BCUT2D eigenvalue weighted by atomic mass is 10.0. The number of piperidine rings is 1. The smallest absolute Gasteiger partial charge is 0.410 e. The maximum absolute atomic E-state index is 16.8. The molecule has 6 rings (SSSR count). The first kappa shape index (κ1) is 35.3. The zero-order chi connectivity index (χ0) is 35.4. The number of thiazole rings is 1. The van der Waals surface area contributed by atoms with Crippen LogP contribution in [-0.2, 0) is 26.1 Å². The number of pyridine rings is 1. The number of carbonyl (C=O) groups excluding carboxylic acids is 1. The van der Waals surface area contributed by atoms with Gasteiger partial charge in [0.05, 0.1) is 22.3 Å². The molecule has 260 valence electrons. The normalized spacial score (nSPS) is 14.8. The zero-order valence-corrected chi connectivity index (χ0v) is 29.0. The lowest BCUT2D eigenvalue weighted by Gasteiger charge is -2.33. The molecular weight excluding hydrogens is 713 g/mol. The minimum Gasteiger partial charge on any atom is -0.445 e. The number of sulfonamides is 1. The third kappa shape index (κ3) is 7.33. The van der Waals surface area contributed by atoms with E-state index in [2.05, 4.69) is 4.98 Å². The van der Waals surface area contributed by atoms with Gasteiger partial charge < -0.3 is 9.47 Å². The van der Waals surface area contributed by atoms with Crippen molar-refractivity contribution in [3.05, 3.63) is 118 Å². The molecule has 3 aromatic carbocycles. The van der Waals surface area contributed by atoms with E-state index in [1.165, 1.54) is 42.8 Å². The number of benzene rings is 3. The Morgan fingerprint density at radius 2 is 1.84 bits per heavy atom. The number of hydrogen-bond donors (Lipinski definition) is 0. The van der Waals surface area contributed by atoms with Crippen LogP contribution in [0.4, 0.5) is 23.7 Å². The van der Waals surface area contributed by atoms with E-state index in [-0.39, 0.29) is 23.0 Å². The molecule has 0 radical (unpaired) electrons. The molecular formula is C35H30ClF3N4O5S2. The summed E-state index contributed by atoms with van der Waals surface area (Å²) < 4.78 is 84.2. The van der Waals surface area contributed by atoms with Crippen LogP contribution in [0.3, 0.4) is 0 Å². The van der Waals surface area contributed by atoms with Crippen molar-refractivity contribution in [2.24, 2.45) is 0 Å². The summed E-state index contributed by atoms with van der Waals surface area (Å²) in [5.74, 6) is -3.22. The number of carbonyl (C=O) groups is 1. The van der Waals surface area contributed by atoms with Crippen molar-refractivity contribution >= 4 is 44.7 Å². The second-order valence-electron chi connectivity index (χ2n) is 11.3. The van der Waals surface area contributed by atoms with Crippen molar-refractivity contribution < 1.29 is 35.9 Å². The molecule has 0 aliphatic carbocycles. The maximum Gasteiger partial charge on any atom is 0.410 e. The molecule has 0 N–H and O–H groups in total. The van der Waals surface area contributed by atoms with Gasteiger partial charge in [-0.1, -0.05) is 48.0 Å². The molecule has 15 heteroatoms. The quantitative estimate of drug-likeness (QED) is 0.104. The Kier molecular flexibility index (Phi) is 10.7. The summed E-state index contributed by atoms with van der Waals surface area (Å²) in [5.41, 5.74) is 0.984. The van der Waals surface area contributed by atoms with E-state index < -0.39 is 56.9 Å². The summed E-state index contributed by atoms with van der Waals surface area (Å²) >= 11 is 7.48. The zero-order valence-electron chi connectivity index (χ0n) is 26.6. The molecule has 0 spiro atoms. The Morgan fingerprint density at radius 3 is 2.60 bits per heavy atom. The Hall–Kier alpha value is -4.50. The Morgan fingerprint density at radius 1 is 1.04 bits per heavy atom. The lowest BCUT2D eigenvalue weighted by Crippen LogP contribution is -2.38. The average Bonchev–Trinajstić information content (AvgIpc) is 3.56. The second kappa shape index (κ2) is 15.2. The molecule has 2 aromatic heterocycles. The topological polar surface area (TPSA) is 102 Å². The summed E-state index contributed by atoms with van der Waals surface area (Å²) in [6, 6.07) is 18.1. The van der Waals surface area contributed by atoms with Gasteiger partial charge in [-0.3, -0.25) is 4.90 Å². The first-order chi connectivity index (χ1) is 24.1. The highest BCUT2D eigenvalue weighted by Gasteiger charge is 2.35. The monoisotopic (exact) mass is 742 g/mol. The number of anilines is 1. The van der Waals surface area contributed by atoms with E-state index >= 15 is 4.39 Å². The Bertz CT molecular complexity index is 2120. The van der Waals surface area contributed by atoms with Gasteiger partial charge in [0.1, 0.15) is 40.0 Å². The van der Waals surface area contributed by atoms with Gasteiger partial charge in [-0.2, -0.15) is 0 Å². The van der Waals surface area contributed by atoms with Gasteiger partial charge in [0, 0.05) is 25.4 Å². The van der Waals surface area contributed by atoms with Crippen molar-refractivity contribution in [2.75, 3.05) is 24.7 Å². The maximum atomic E-state index is 16.8. The van der Waals surface area contributed by atoms with Gasteiger partial charge >= 0.3 is 6.09 Å². The number of amides is 1. The first-order valence-corrected chi connectivity index (χ1v) is 18.1. The highest BCUT2D eigenvalue weighted by atomic mass is 35.5. The number of hydrogen-bond acceptors (Lipinski definition) is 8. The predicted octanol–water partition coefficient (Wildman–Crippen LogP) is 8.61. The van der Waals surface area contributed by atoms with Crippen molar-refractivity contribution in [1.29, 1.82) is 0 Å². The number of halogens is 4. The van der Waals surface area contributed by atoms with Gasteiger partial charge in [0.25, 0.3) is 10.0 Å². The molecule has 1 fully saturated rings. The number of likely N-dealkylation sites (tertiary alicyclic amines) is 1. The second-order valence-corrected chi connectivity index (χ2v) is 14.6. The summed E-state index contributed by atoms with van der Waals surface area (Å²) in [6.07, 6.45) is 3.12. The van der Waals surface area contributed by atoms with Crippen molar-refractivity contribution in [3.8, 4) is 21.7 Å². The van der Waals surface area contributed by atoms with Crippen molar-refractivity contribution in [3.63, 3.8) is 0 Å². The molecule has 1 unspecified atom stereocenters. The number of ether oxygens (including phenoxy) is 2. The molecule has 3 heterocycles. The molecule has 1 saturated heterocycles. The van der Waals surface area contributed by atoms with Crippen LogP contribution in [0.5, 0.6) is 0 Å². The van der Waals surface area contributed by atoms with Gasteiger partial charge in [-0.15, -0.1) is 11.3 Å². The molecule has 1 aliphatic heterocycles. The van der Waals surface area contributed by atoms with Crippen molar-refractivity contribution in [1.82, 2.24) is 14.9 Å². The average molecular weight is 743 g/mol. The highest BCUT2D eigenvalue weighted by molar-refractivity contribution is 7.92. The van der Waals surface area contributed by atoms with Crippen LogP contribution in [0, 0.1) is 17.5 Å². The molecule has 1 aliphatic rings. The van der Waals surface area contributed by atoms with E-state index in [0.717, 1.165) is 24.5 Å². The SMILES string of the molecule is COCN(c1cccc(-c2nc(C3CCCCN3C(=O)OCc3ccccc3)sc2-c2ccnc(Cl)c2)c1F)S(=O)(=O)c1cc(F)ccc1F. The number of methoxy groups -OCH3 is 1. The van der Waals surface area contributed by atoms with E-state index in [4.69, 9.17) is 26.1 Å². The number of aromatic nitrogens is 2. The fraction of sp³-hybridized carbons (Fsp3) is 0.229. The largest absolute Gasteiger partial charge is 0.445 e. The van der Waals surface area contributed by atoms with Crippen LogP contribution >= 0.6 is 22.9 Å². The van der Waals surface area contributed by atoms with E-state index in [0.29, 0.717) is 44.9 Å². The third-order valence-electron chi connectivity index (χ3n) is 8.07. The summed E-state index contributed by atoms with van der Waals surface area (Å²) in [7, 11) is -3.68. The molecule has 0 bridgehead atoms. The fourth-order valence-corrected chi connectivity index (χ4v) is 8.54. The van der Waals surface area contributed by atoms with Crippen molar-refractivity contribution in [2.45, 2.75) is 36.8 Å². The first-order valence-electron chi connectivity index (χ1n) is 15.4. The van der Waals surface area contributed by atoms with Crippen LogP contribution in [0.2, 0.25) is 5.15 Å². The van der Waals surface area contributed by atoms with Crippen LogP contribution in [0.25, 0.3) is 21.7 Å². The fourth-order valence-electron chi connectivity index (χ4n) is 5.68. The number of rotatable bonds is 10. The predicted molar refractivity (Wildman–Crippen MR) is 184 cm³/mol. The molecule has 9 nitrogen and oxygen atoms in total. The molecule has 50 heavy (non-hydrogen) atoms. The van der Waals surface area contributed by atoms with Crippen LogP contribution in [0.1, 0.15) is 35.9 Å². The summed E-state index contributed by atoms with van der Waals surface area (Å²) in [6.45, 7) is -0.199. The van der Waals surface area contributed by atoms with Gasteiger partial charge in [-0.25, -0.2) is 40.7 Å². The minimum absolute atomic E-state index is 0.0852. The number of nitrogens with zero attached hydrogens (tertiary/aromatic N) is 4. The van der Waals surface area contributed by atoms with Crippen LogP contribution in [0.15, 0.2) is 90.0 Å².